The van der Waals surface area contributed by atoms with Crippen molar-refractivity contribution in [1.82, 2.24) is 14.7 Å². The van der Waals surface area contributed by atoms with Crippen molar-refractivity contribution in [2.45, 2.75) is 37.5 Å². The summed E-state index contributed by atoms with van der Waals surface area (Å²) in [6.45, 7) is 1.56. The van der Waals surface area contributed by atoms with Crippen LogP contribution in [-0.2, 0) is 9.59 Å². The highest BCUT2D eigenvalue weighted by Gasteiger charge is 2.68. The van der Waals surface area contributed by atoms with Gasteiger partial charge in [-0.05, 0) is 25.0 Å². The smallest absolute Gasteiger partial charge is 0.320 e. The van der Waals surface area contributed by atoms with E-state index in [1.54, 1.807) is 18.9 Å². The number of nitrogens with zero attached hydrogens (tertiary/aromatic N) is 5. The monoisotopic (exact) mass is 507 g/mol. The third-order valence-corrected chi connectivity index (χ3v) is 8.05. The number of urea groups is 1. The minimum Gasteiger partial charge on any atom is -0.320 e. The third-order valence-electron chi connectivity index (χ3n) is 8.05. The van der Waals surface area contributed by atoms with Crippen LogP contribution in [0, 0.1) is 0 Å². The summed E-state index contributed by atoms with van der Waals surface area (Å²) in [4.78, 5) is 48.9. The average molecular weight is 508 g/mol. The largest absolute Gasteiger partial charge is 0.391 e. The van der Waals surface area contributed by atoms with Gasteiger partial charge >= 0.3 is 17.8 Å². The number of anilines is 1. The number of aliphatic imine (C=N–C) groups is 1. The molecule has 4 heterocycles. The highest BCUT2D eigenvalue weighted by molar-refractivity contribution is 6.25. The fraction of sp³-hybridized carbons (Fsp3) is 0.241. The zero-order chi connectivity index (χ0) is 26.3. The molecule has 3 aromatic rings. The molecule has 0 spiro atoms. The average Bonchev–Trinajstić information content (AvgIpc) is 3.69. The number of carbonyl (C=O) groups excluding carboxylic acids is 3. The van der Waals surface area contributed by atoms with Gasteiger partial charge in [-0.25, -0.2) is 14.6 Å². The van der Waals surface area contributed by atoms with E-state index in [9.17, 15) is 14.4 Å². The minimum absolute atomic E-state index is 0.130. The second kappa shape index (κ2) is 7.83. The highest BCUT2D eigenvalue weighted by Crippen LogP contribution is 2.52. The number of benzene rings is 3. The lowest BCUT2D eigenvalue weighted by Crippen LogP contribution is -2.68. The Morgan fingerprint density at radius 2 is 1.68 bits per heavy atom. The van der Waals surface area contributed by atoms with Crippen LogP contribution in [0.25, 0.3) is 0 Å². The lowest BCUT2D eigenvalue weighted by atomic mass is 9.96. The van der Waals surface area contributed by atoms with E-state index in [-0.39, 0.29) is 17.9 Å². The van der Waals surface area contributed by atoms with Crippen molar-refractivity contribution in [3.05, 3.63) is 95.6 Å². The second-order valence-electron chi connectivity index (χ2n) is 10.4. The summed E-state index contributed by atoms with van der Waals surface area (Å²) in [5, 5.41) is 2.46. The molecular formula is C29H27N6O3+. The summed E-state index contributed by atoms with van der Waals surface area (Å²) in [5.41, 5.74) is 10.6. The first-order chi connectivity index (χ1) is 18.3. The quantitative estimate of drug-likeness (QED) is 0.549. The Labute approximate surface area is 219 Å². The normalized spacial score (nSPS) is 27.7. The van der Waals surface area contributed by atoms with Crippen molar-refractivity contribution < 1.29 is 14.4 Å². The van der Waals surface area contributed by atoms with Crippen LogP contribution in [0.1, 0.15) is 36.0 Å². The molecule has 9 nitrogen and oxygen atoms in total. The van der Waals surface area contributed by atoms with Gasteiger partial charge in [0, 0.05) is 23.6 Å². The van der Waals surface area contributed by atoms with E-state index in [0.29, 0.717) is 22.6 Å². The molecular weight excluding hydrogens is 480 g/mol. The molecule has 3 aromatic carbocycles. The lowest BCUT2D eigenvalue weighted by molar-refractivity contribution is -0.166. The number of rotatable bonds is 4. The van der Waals surface area contributed by atoms with E-state index in [1.807, 2.05) is 66.7 Å². The number of fused-ring (bicyclic) bond motifs is 1. The second-order valence-corrected chi connectivity index (χ2v) is 10.4. The lowest BCUT2D eigenvalue weighted by Gasteiger charge is -2.43. The van der Waals surface area contributed by atoms with E-state index in [4.69, 9.17) is 10.7 Å². The Hall–Kier alpha value is -4.34. The van der Waals surface area contributed by atoms with Crippen molar-refractivity contribution >= 4 is 34.9 Å². The fourth-order valence-corrected chi connectivity index (χ4v) is 6.12. The molecule has 1 saturated carbocycles. The van der Waals surface area contributed by atoms with Crippen molar-refractivity contribution in [1.29, 1.82) is 0 Å². The minimum atomic E-state index is -1.21. The van der Waals surface area contributed by atoms with Crippen LogP contribution in [0.3, 0.4) is 0 Å². The molecule has 0 aromatic heterocycles. The standard InChI is InChI=1S/C29H27N6O3/c1-17(30)27(36)34-33-26-28(37)35(34,2)23-15-9-14-21(24(23)25(31-26)19-12-7-4-8-13-19)32(29(33)38)22-16-20(22)18-10-5-3-6-11-18/h3-15,17,20,22,26H,16,30H2,1-2H3/q+1/t17-,20-,22+,26?,35+/m0/s1. The molecule has 1 aliphatic carbocycles. The number of hydrogen-bond acceptors (Lipinski definition) is 5. The Bertz CT molecular complexity index is 1540. The summed E-state index contributed by atoms with van der Waals surface area (Å²) >= 11 is 0. The van der Waals surface area contributed by atoms with Gasteiger partial charge in [0.2, 0.25) is 0 Å². The van der Waals surface area contributed by atoms with Gasteiger partial charge in [0.1, 0.15) is 7.05 Å². The molecule has 0 radical (unpaired) electrons. The molecule has 1 unspecified atom stereocenters. The zero-order valence-electron chi connectivity index (χ0n) is 21.1. The molecule has 2 fully saturated rings. The summed E-state index contributed by atoms with van der Waals surface area (Å²) in [5.74, 6) is -0.763. The van der Waals surface area contributed by atoms with Gasteiger partial charge in [-0.15, -0.1) is 9.60 Å². The maximum absolute atomic E-state index is 14.5. The predicted octanol–water partition coefficient (Wildman–Crippen LogP) is 3.14. The van der Waals surface area contributed by atoms with Crippen molar-refractivity contribution in [3.63, 3.8) is 0 Å². The number of hydrazine groups is 1. The summed E-state index contributed by atoms with van der Waals surface area (Å²) in [6.07, 6.45) is -0.431. The number of likely N-dealkylation sites (N-methyl/N-ethyl adjacent to an activating group) is 1. The number of hydrogen-bond donors (Lipinski definition) is 1. The first-order valence-corrected chi connectivity index (χ1v) is 12.8. The maximum Gasteiger partial charge on any atom is 0.391 e. The number of carbonyl (C=O) groups is 3. The highest BCUT2D eigenvalue weighted by atomic mass is 16.3. The molecule has 5 aliphatic rings. The Kier molecular flexibility index (Phi) is 4.70. The van der Waals surface area contributed by atoms with Gasteiger partial charge in [-0.3, -0.25) is 9.69 Å². The Morgan fingerprint density at radius 1 is 1.00 bits per heavy atom. The van der Waals surface area contributed by atoms with Crippen LogP contribution in [0.4, 0.5) is 16.2 Å². The molecule has 2 N–H and O–H groups in total. The van der Waals surface area contributed by atoms with E-state index in [2.05, 4.69) is 12.1 Å². The number of amides is 4. The molecule has 8 rings (SSSR count). The number of quaternary nitrogens is 1. The van der Waals surface area contributed by atoms with Crippen LogP contribution < -0.4 is 15.2 Å². The fourth-order valence-electron chi connectivity index (χ4n) is 6.12. The maximum atomic E-state index is 14.5. The van der Waals surface area contributed by atoms with E-state index >= 15 is 0 Å². The van der Waals surface area contributed by atoms with Gasteiger partial charge in [-0.2, -0.15) is 0 Å². The van der Waals surface area contributed by atoms with E-state index in [1.165, 1.54) is 10.1 Å². The van der Waals surface area contributed by atoms with Crippen molar-refractivity contribution in [2.24, 2.45) is 10.7 Å². The Balaban J connectivity index is 1.51. The van der Waals surface area contributed by atoms with Gasteiger partial charge < -0.3 is 5.73 Å². The zero-order valence-corrected chi connectivity index (χ0v) is 21.1. The molecule has 9 heteroatoms. The van der Waals surface area contributed by atoms with Crippen molar-refractivity contribution in [2.75, 3.05) is 11.9 Å². The van der Waals surface area contributed by atoms with Crippen molar-refractivity contribution in [3.8, 4) is 0 Å². The molecule has 6 bridgehead atoms. The van der Waals surface area contributed by atoms with Crippen LogP contribution in [0.2, 0.25) is 0 Å². The molecule has 4 aliphatic heterocycles. The summed E-state index contributed by atoms with van der Waals surface area (Å²) in [7, 11) is 1.65. The van der Waals surface area contributed by atoms with Gasteiger partial charge in [0.25, 0.3) is 6.17 Å². The van der Waals surface area contributed by atoms with E-state index < -0.39 is 28.7 Å². The van der Waals surface area contributed by atoms with Gasteiger partial charge in [0.15, 0.2) is 5.69 Å². The SMILES string of the molecule is C[C@H](N)C(=O)N1N2C(=O)N([C@@H]3C[C@H]3c3ccccc3)c3cccc4c3C(c3ccccc3)=NC2C(=O)[N@@+]41C. The van der Waals surface area contributed by atoms with Crippen LogP contribution in [0.15, 0.2) is 83.9 Å². The van der Waals surface area contributed by atoms with Crippen LogP contribution >= 0.6 is 0 Å². The van der Waals surface area contributed by atoms with Gasteiger partial charge in [-0.1, -0.05) is 71.8 Å². The molecule has 38 heavy (non-hydrogen) atoms. The topological polar surface area (TPSA) is 99.3 Å². The number of nitrogens with two attached hydrogens (primary N) is 1. The molecule has 1 saturated heterocycles. The third kappa shape index (κ3) is 2.88. The van der Waals surface area contributed by atoms with Crippen LogP contribution in [-0.4, -0.2) is 59.0 Å². The molecule has 4 amide bonds. The first-order valence-electron chi connectivity index (χ1n) is 12.8. The summed E-state index contributed by atoms with van der Waals surface area (Å²) in [6, 6.07) is 23.9. The van der Waals surface area contributed by atoms with E-state index in [0.717, 1.165) is 17.5 Å². The Morgan fingerprint density at radius 3 is 2.37 bits per heavy atom. The van der Waals surface area contributed by atoms with Crippen LogP contribution in [0.5, 0.6) is 0 Å². The molecule has 5 atom stereocenters. The predicted molar refractivity (Wildman–Crippen MR) is 143 cm³/mol. The van der Waals surface area contributed by atoms with Gasteiger partial charge in [0.05, 0.1) is 23.0 Å². The molecule has 190 valence electrons. The first kappa shape index (κ1) is 22.8. The summed E-state index contributed by atoms with van der Waals surface area (Å²) < 4.78 is -0.527.